The van der Waals surface area contributed by atoms with Crippen molar-refractivity contribution in [2.45, 2.75) is 43.6 Å². The molecule has 4 nitrogen and oxygen atoms in total. The smallest absolute Gasteiger partial charge is 0.224 e. The Kier molecular flexibility index (Phi) is 5.71. The number of amides is 1. The Morgan fingerprint density at radius 1 is 1.16 bits per heavy atom. The fourth-order valence-corrected chi connectivity index (χ4v) is 5.22. The number of hydrogen-bond acceptors (Lipinski definition) is 3. The highest BCUT2D eigenvalue weighted by molar-refractivity contribution is 5.85. The number of nitrogens with two attached hydrogens (primary N) is 1. The second-order valence-corrected chi connectivity index (χ2v) is 7.91. The number of benzene rings is 1. The van der Waals surface area contributed by atoms with E-state index in [0.717, 1.165) is 32.5 Å². The number of rotatable bonds is 4. The first-order valence-electron chi connectivity index (χ1n) is 9.36. The Labute approximate surface area is 156 Å². The number of nitrogens with one attached hydrogen (secondary N) is 1. The van der Waals surface area contributed by atoms with Gasteiger partial charge in [0.15, 0.2) is 0 Å². The van der Waals surface area contributed by atoms with Crippen molar-refractivity contribution in [2.75, 3.05) is 19.8 Å². The molecule has 5 heteroatoms. The van der Waals surface area contributed by atoms with Crippen LogP contribution in [0.1, 0.15) is 37.7 Å². The molecule has 1 saturated heterocycles. The predicted octanol–water partition coefficient (Wildman–Crippen LogP) is 2.65. The fraction of sp³-hybridized carbons (Fsp3) is 0.650. The highest BCUT2D eigenvalue weighted by Gasteiger charge is 2.49. The van der Waals surface area contributed by atoms with Gasteiger partial charge in [0, 0.05) is 31.2 Å². The third-order valence-electron chi connectivity index (χ3n) is 6.72. The lowest BCUT2D eigenvalue weighted by molar-refractivity contribution is -0.127. The molecule has 0 aromatic heterocycles. The van der Waals surface area contributed by atoms with Crippen LogP contribution >= 0.6 is 12.4 Å². The minimum absolute atomic E-state index is 0. The molecule has 2 saturated carbocycles. The number of ether oxygens (including phenoxy) is 1. The third-order valence-corrected chi connectivity index (χ3v) is 6.72. The summed E-state index contributed by atoms with van der Waals surface area (Å²) in [4.78, 5) is 12.8. The van der Waals surface area contributed by atoms with Gasteiger partial charge < -0.3 is 15.8 Å². The maximum Gasteiger partial charge on any atom is 0.224 e. The molecule has 1 heterocycles. The van der Waals surface area contributed by atoms with Crippen LogP contribution < -0.4 is 11.1 Å². The van der Waals surface area contributed by atoms with Crippen LogP contribution in [-0.4, -0.2) is 31.7 Å². The Bertz CT molecular complexity index is 587. The zero-order chi connectivity index (χ0) is 16.6. The van der Waals surface area contributed by atoms with Crippen molar-refractivity contribution >= 4 is 18.3 Å². The summed E-state index contributed by atoms with van der Waals surface area (Å²) in [5.74, 6) is 1.28. The van der Waals surface area contributed by atoms with E-state index in [2.05, 4.69) is 29.6 Å². The number of carbonyl (C=O) groups excluding carboxylic acids is 1. The van der Waals surface area contributed by atoms with Crippen LogP contribution in [0.5, 0.6) is 0 Å². The van der Waals surface area contributed by atoms with Crippen LogP contribution in [0.3, 0.4) is 0 Å². The van der Waals surface area contributed by atoms with E-state index in [1.165, 1.54) is 18.4 Å². The molecule has 3 aliphatic rings. The molecular weight excluding hydrogens is 336 g/mol. The molecule has 138 valence electrons. The van der Waals surface area contributed by atoms with Gasteiger partial charge in [-0.3, -0.25) is 4.79 Å². The van der Waals surface area contributed by atoms with E-state index in [9.17, 15) is 4.79 Å². The quantitative estimate of drug-likeness (QED) is 0.863. The Balaban J connectivity index is 0.00000182. The highest BCUT2D eigenvalue weighted by atomic mass is 35.5. The van der Waals surface area contributed by atoms with Gasteiger partial charge in [0.1, 0.15) is 0 Å². The lowest BCUT2D eigenvalue weighted by Gasteiger charge is -2.38. The Hall–Kier alpha value is -1.10. The maximum absolute atomic E-state index is 12.8. The van der Waals surface area contributed by atoms with Gasteiger partial charge in [0.05, 0.1) is 5.92 Å². The van der Waals surface area contributed by atoms with Crippen LogP contribution in [0.15, 0.2) is 30.3 Å². The largest absolute Gasteiger partial charge is 0.381 e. The third kappa shape index (κ3) is 3.44. The number of hydrogen-bond donors (Lipinski definition) is 2. The average molecular weight is 365 g/mol. The number of carbonyl (C=O) groups is 1. The molecule has 3 N–H and O–H groups in total. The lowest BCUT2D eigenvalue weighted by Crippen LogP contribution is -2.50. The molecule has 25 heavy (non-hydrogen) atoms. The van der Waals surface area contributed by atoms with E-state index in [4.69, 9.17) is 10.5 Å². The Morgan fingerprint density at radius 2 is 1.84 bits per heavy atom. The first-order valence-corrected chi connectivity index (χ1v) is 9.36. The van der Waals surface area contributed by atoms with Crippen molar-refractivity contribution in [2.24, 2.45) is 23.5 Å². The lowest BCUT2D eigenvalue weighted by atomic mass is 9.74. The molecule has 3 fully saturated rings. The molecule has 0 spiro atoms. The summed E-state index contributed by atoms with van der Waals surface area (Å²) in [6.07, 6.45) is 5.45. The van der Waals surface area contributed by atoms with Gasteiger partial charge in [-0.15, -0.1) is 12.4 Å². The summed E-state index contributed by atoms with van der Waals surface area (Å²) in [6.45, 7) is 2.22. The van der Waals surface area contributed by atoms with E-state index >= 15 is 0 Å². The van der Waals surface area contributed by atoms with Gasteiger partial charge >= 0.3 is 0 Å². The van der Waals surface area contributed by atoms with Crippen molar-refractivity contribution in [3.05, 3.63) is 35.9 Å². The summed E-state index contributed by atoms with van der Waals surface area (Å²) < 4.78 is 5.58. The molecule has 4 atom stereocenters. The molecule has 1 amide bonds. The zero-order valence-electron chi connectivity index (χ0n) is 14.7. The van der Waals surface area contributed by atoms with Crippen LogP contribution in [0.4, 0.5) is 0 Å². The maximum atomic E-state index is 12.8. The molecular formula is C20H29ClN2O2. The molecule has 2 aliphatic carbocycles. The predicted molar refractivity (Wildman–Crippen MR) is 101 cm³/mol. The van der Waals surface area contributed by atoms with Crippen molar-refractivity contribution in [1.29, 1.82) is 0 Å². The first-order chi connectivity index (χ1) is 11.7. The SMILES string of the molecule is Cl.NC1C2CCC(C2)C1C(=O)NCC1(c2ccccc2)CCOCC1. The molecule has 0 radical (unpaired) electrons. The van der Waals surface area contributed by atoms with Crippen molar-refractivity contribution < 1.29 is 9.53 Å². The topological polar surface area (TPSA) is 64.4 Å². The van der Waals surface area contributed by atoms with Crippen LogP contribution in [0, 0.1) is 17.8 Å². The van der Waals surface area contributed by atoms with Gasteiger partial charge in [-0.1, -0.05) is 30.3 Å². The summed E-state index contributed by atoms with van der Waals surface area (Å²) in [7, 11) is 0. The zero-order valence-corrected chi connectivity index (χ0v) is 15.5. The van der Waals surface area contributed by atoms with Crippen LogP contribution in [0.2, 0.25) is 0 Å². The highest BCUT2D eigenvalue weighted by Crippen LogP contribution is 2.47. The fourth-order valence-electron chi connectivity index (χ4n) is 5.22. The average Bonchev–Trinajstić information content (AvgIpc) is 3.22. The second kappa shape index (κ2) is 7.65. The van der Waals surface area contributed by atoms with Gasteiger partial charge in [0.25, 0.3) is 0 Å². The Morgan fingerprint density at radius 3 is 2.48 bits per heavy atom. The molecule has 2 bridgehead atoms. The van der Waals surface area contributed by atoms with E-state index < -0.39 is 0 Å². The van der Waals surface area contributed by atoms with Gasteiger partial charge in [0.2, 0.25) is 5.91 Å². The molecule has 1 aromatic carbocycles. The van der Waals surface area contributed by atoms with E-state index in [-0.39, 0.29) is 35.7 Å². The molecule has 1 aromatic rings. The first kappa shape index (κ1) is 18.7. The van der Waals surface area contributed by atoms with Crippen molar-refractivity contribution in [3.63, 3.8) is 0 Å². The molecule has 1 aliphatic heterocycles. The normalized spacial score (nSPS) is 32.8. The summed E-state index contributed by atoms with van der Waals surface area (Å²) in [6, 6.07) is 10.6. The van der Waals surface area contributed by atoms with Gasteiger partial charge in [-0.05, 0) is 49.5 Å². The van der Waals surface area contributed by atoms with E-state index in [1.54, 1.807) is 0 Å². The minimum atomic E-state index is -0.00309. The van der Waals surface area contributed by atoms with E-state index in [0.29, 0.717) is 18.4 Å². The number of halogens is 1. The van der Waals surface area contributed by atoms with Crippen molar-refractivity contribution in [3.8, 4) is 0 Å². The molecule has 4 rings (SSSR count). The van der Waals surface area contributed by atoms with Crippen LogP contribution in [-0.2, 0) is 14.9 Å². The monoisotopic (exact) mass is 364 g/mol. The summed E-state index contributed by atoms with van der Waals surface area (Å²) in [5, 5.41) is 3.27. The standard InChI is InChI=1S/C20H28N2O2.ClH/c21-18-15-7-6-14(12-15)17(18)19(23)22-13-20(8-10-24-11-9-20)16-4-2-1-3-5-16;/h1-5,14-15,17-18H,6-13,21H2,(H,22,23);1H. The molecule has 4 unspecified atom stereocenters. The van der Waals surface area contributed by atoms with Gasteiger partial charge in [-0.25, -0.2) is 0 Å². The second-order valence-electron chi connectivity index (χ2n) is 7.91. The van der Waals surface area contributed by atoms with Crippen molar-refractivity contribution in [1.82, 2.24) is 5.32 Å². The summed E-state index contributed by atoms with van der Waals surface area (Å²) in [5.41, 5.74) is 7.64. The minimum Gasteiger partial charge on any atom is -0.381 e. The summed E-state index contributed by atoms with van der Waals surface area (Å²) >= 11 is 0. The van der Waals surface area contributed by atoms with Gasteiger partial charge in [-0.2, -0.15) is 0 Å². The number of fused-ring (bicyclic) bond motifs is 2. The van der Waals surface area contributed by atoms with E-state index in [1.807, 2.05) is 6.07 Å². The van der Waals surface area contributed by atoms with Crippen LogP contribution in [0.25, 0.3) is 0 Å².